The molecule has 0 bridgehead atoms. The largest absolute Gasteiger partial charge is 0.465 e. The molecule has 0 heterocycles. The van der Waals surface area contributed by atoms with E-state index in [0.29, 0.717) is 22.4 Å². The van der Waals surface area contributed by atoms with Gasteiger partial charge in [-0.1, -0.05) is 42.5 Å². The normalized spacial score (nSPS) is 11.7. The van der Waals surface area contributed by atoms with Crippen LogP contribution in [0.15, 0.2) is 48.5 Å². The van der Waals surface area contributed by atoms with Gasteiger partial charge in [-0.3, -0.25) is 9.59 Å². The number of carbonyl (C=O) groups excluding carboxylic acids is 2. The van der Waals surface area contributed by atoms with Crippen molar-refractivity contribution in [3.63, 3.8) is 0 Å². The zero-order chi connectivity index (χ0) is 16.8. The van der Waals surface area contributed by atoms with Crippen LogP contribution in [-0.4, -0.2) is 24.6 Å². The van der Waals surface area contributed by atoms with E-state index in [1.165, 1.54) is 11.8 Å². The van der Waals surface area contributed by atoms with Crippen molar-refractivity contribution in [1.82, 2.24) is 0 Å². The number of benzene rings is 2. The summed E-state index contributed by atoms with van der Waals surface area (Å²) in [5.74, 6) is -0.545. The number of hydrogen-bond acceptors (Lipinski definition) is 5. The SMILES string of the molecule is CCOC(=O)C(SC)c1c(N)cccc1C(=O)c1ccccc1. The predicted octanol–water partition coefficient (Wildman–Crippen LogP) is 3.47. The van der Waals surface area contributed by atoms with Crippen molar-refractivity contribution in [2.75, 3.05) is 18.6 Å². The third-order valence-corrected chi connectivity index (χ3v) is 4.32. The Kier molecular flexibility index (Phi) is 5.82. The van der Waals surface area contributed by atoms with Gasteiger partial charge in [-0.2, -0.15) is 0 Å². The number of ketones is 1. The third-order valence-electron chi connectivity index (χ3n) is 3.42. The molecule has 0 spiro atoms. The Balaban J connectivity index is 2.52. The van der Waals surface area contributed by atoms with Gasteiger partial charge < -0.3 is 10.5 Å². The molecule has 0 aromatic heterocycles. The molecule has 2 aromatic carbocycles. The second-order valence-corrected chi connectivity index (χ2v) is 5.81. The molecule has 4 nitrogen and oxygen atoms in total. The fraction of sp³-hybridized carbons (Fsp3) is 0.222. The molecule has 0 saturated heterocycles. The minimum absolute atomic E-state index is 0.156. The fourth-order valence-electron chi connectivity index (χ4n) is 2.37. The maximum atomic E-state index is 12.8. The van der Waals surface area contributed by atoms with Crippen LogP contribution in [0.25, 0.3) is 0 Å². The van der Waals surface area contributed by atoms with Crippen LogP contribution < -0.4 is 5.73 Å². The first-order valence-corrected chi connectivity index (χ1v) is 8.56. The van der Waals surface area contributed by atoms with Gasteiger partial charge in [0.25, 0.3) is 0 Å². The van der Waals surface area contributed by atoms with Gasteiger partial charge in [0.05, 0.1) is 6.61 Å². The van der Waals surface area contributed by atoms with Gasteiger partial charge in [-0.15, -0.1) is 11.8 Å². The maximum Gasteiger partial charge on any atom is 0.323 e. The van der Waals surface area contributed by atoms with E-state index < -0.39 is 5.25 Å². The van der Waals surface area contributed by atoms with Crippen LogP contribution in [0.5, 0.6) is 0 Å². The number of carbonyl (C=O) groups is 2. The molecule has 2 aromatic rings. The van der Waals surface area contributed by atoms with Crippen molar-refractivity contribution >= 4 is 29.2 Å². The summed E-state index contributed by atoms with van der Waals surface area (Å²) in [6.45, 7) is 2.03. The van der Waals surface area contributed by atoms with Crippen molar-refractivity contribution in [2.45, 2.75) is 12.2 Å². The average Bonchev–Trinajstić information content (AvgIpc) is 2.57. The number of anilines is 1. The summed E-state index contributed by atoms with van der Waals surface area (Å²) in [6.07, 6.45) is 1.80. The number of thioether (sulfide) groups is 1. The quantitative estimate of drug-likeness (QED) is 0.499. The molecule has 0 aliphatic heterocycles. The first-order chi connectivity index (χ1) is 11.1. The molecule has 2 rings (SSSR count). The van der Waals surface area contributed by atoms with E-state index in [-0.39, 0.29) is 18.4 Å². The Morgan fingerprint density at radius 3 is 2.43 bits per heavy atom. The van der Waals surface area contributed by atoms with E-state index in [9.17, 15) is 9.59 Å². The smallest absolute Gasteiger partial charge is 0.323 e. The lowest BCUT2D eigenvalue weighted by atomic mass is 9.95. The molecule has 2 N–H and O–H groups in total. The Bertz CT molecular complexity index is 701. The number of esters is 1. The molecule has 0 saturated carbocycles. The van der Waals surface area contributed by atoms with Crippen LogP contribution in [-0.2, 0) is 9.53 Å². The summed E-state index contributed by atoms with van der Waals surface area (Å²) in [5, 5.41) is -0.626. The monoisotopic (exact) mass is 329 g/mol. The van der Waals surface area contributed by atoms with Gasteiger partial charge >= 0.3 is 5.97 Å². The highest BCUT2D eigenvalue weighted by Gasteiger charge is 2.28. The van der Waals surface area contributed by atoms with Crippen molar-refractivity contribution in [3.05, 3.63) is 65.2 Å². The highest BCUT2D eigenvalue weighted by atomic mass is 32.2. The Morgan fingerprint density at radius 2 is 1.83 bits per heavy atom. The van der Waals surface area contributed by atoms with E-state index in [1.807, 2.05) is 6.07 Å². The van der Waals surface area contributed by atoms with E-state index in [4.69, 9.17) is 10.5 Å². The molecule has 0 fully saturated rings. The second kappa shape index (κ2) is 7.83. The highest BCUT2D eigenvalue weighted by Crippen LogP contribution is 2.35. The van der Waals surface area contributed by atoms with Crippen molar-refractivity contribution in [3.8, 4) is 0 Å². The van der Waals surface area contributed by atoms with Gasteiger partial charge in [-0.25, -0.2) is 0 Å². The van der Waals surface area contributed by atoms with E-state index in [0.717, 1.165) is 0 Å². The summed E-state index contributed by atoms with van der Waals surface area (Å²) >= 11 is 1.31. The van der Waals surface area contributed by atoms with Gasteiger partial charge in [0.2, 0.25) is 0 Å². The molecular formula is C18H19NO3S. The maximum absolute atomic E-state index is 12.8. The topological polar surface area (TPSA) is 69.4 Å². The van der Waals surface area contributed by atoms with Crippen LogP contribution >= 0.6 is 11.8 Å². The molecule has 1 unspecified atom stereocenters. The summed E-state index contributed by atoms with van der Waals surface area (Å²) in [6, 6.07) is 14.1. The minimum atomic E-state index is -0.626. The molecule has 1 atom stereocenters. The second-order valence-electron chi connectivity index (χ2n) is 4.87. The first kappa shape index (κ1) is 17.1. The average molecular weight is 329 g/mol. The molecule has 0 amide bonds. The number of ether oxygens (including phenoxy) is 1. The van der Waals surface area contributed by atoms with Crippen LogP contribution in [0, 0.1) is 0 Å². The molecule has 0 radical (unpaired) electrons. The van der Waals surface area contributed by atoms with Crippen LogP contribution in [0.4, 0.5) is 5.69 Å². The highest BCUT2D eigenvalue weighted by molar-refractivity contribution is 7.99. The van der Waals surface area contributed by atoms with Crippen molar-refractivity contribution in [1.29, 1.82) is 0 Å². The summed E-state index contributed by atoms with van der Waals surface area (Å²) in [5.41, 5.74) is 8.00. The fourth-order valence-corrected chi connectivity index (χ4v) is 3.13. The number of nitrogen functional groups attached to an aromatic ring is 1. The zero-order valence-electron chi connectivity index (χ0n) is 13.1. The minimum Gasteiger partial charge on any atom is -0.465 e. The van der Waals surface area contributed by atoms with Gasteiger partial charge in [0.15, 0.2) is 5.78 Å². The third kappa shape index (κ3) is 3.74. The molecule has 0 aliphatic rings. The molecule has 0 aliphatic carbocycles. The number of hydrogen-bond donors (Lipinski definition) is 1. The number of rotatable bonds is 6. The van der Waals surface area contributed by atoms with Crippen LogP contribution in [0.3, 0.4) is 0 Å². The van der Waals surface area contributed by atoms with Gasteiger partial charge in [0, 0.05) is 22.4 Å². The van der Waals surface area contributed by atoms with Crippen molar-refractivity contribution < 1.29 is 14.3 Å². The Hall–Kier alpha value is -2.27. The lowest BCUT2D eigenvalue weighted by molar-refractivity contribution is -0.142. The van der Waals surface area contributed by atoms with Crippen LogP contribution in [0.2, 0.25) is 0 Å². The molecular weight excluding hydrogens is 310 g/mol. The van der Waals surface area contributed by atoms with Gasteiger partial charge in [0.1, 0.15) is 5.25 Å². The van der Waals surface area contributed by atoms with Crippen LogP contribution in [0.1, 0.15) is 33.7 Å². The molecule has 120 valence electrons. The Morgan fingerprint density at radius 1 is 1.13 bits per heavy atom. The van der Waals surface area contributed by atoms with E-state index >= 15 is 0 Å². The van der Waals surface area contributed by atoms with Gasteiger partial charge in [-0.05, 0) is 19.2 Å². The summed E-state index contributed by atoms with van der Waals surface area (Å²) < 4.78 is 5.12. The lowest BCUT2D eigenvalue weighted by Gasteiger charge is -2.19. The molecule has 23 heavy (non-hydrogen) atoms. The zero-order valence-corrected chi connectivity index (χ0v) is 13.9. The van der Waals surface area contributed by atoms with Crippen molar-refractivity contribution in [2.24, 2.45) is 0 Å². The summed E-state index contributed by atoms with van der Waals surface area (Å²) in [7, 11) is 0. The number of nitrogens with two attached hydrogens (primary N) is 1. The Labute approximate surface area is 140 Å². The first-order valence-electron chi connectivity index (χ1n) is 7.27. The standard InChI is InChI=1S/C18H19NO3S/c1-3-22-18(21)17(23-2)15-13(10-7-11-14(15)19)16(20)12-8-5-4-6-9-12/h4-11,17H,3,19H2,1-2H3. The van der Waals surface area contributed by atoms with E-state index in [1.54, 1.807) is 55.6 Å². The van der Waals surface area contributed by atoms with E-state index in [2.05, 4.69) is 0 Å². The summed E-state index contributed by atoms with van der Waals surface area (Å²) in [4.78, 5) is 25.0. The lowest BCUT2D eigenvalue weighted by Crippen LogP contribution is -2.18. The molecule has 5 heteroatoms. The predicted molar refractivity (Wildman–Crippen MR) is 93.6 cm³/mol.